The Bertz CT molecular complexity index is 46.1. The van der Waals surface area contributed by atoms with Crippen LogP contribution in [0.5, 0.6) is 0 Å². The van der Waals surface area contributed by atoms with Gasteiger partial charge in [0.2, 0.25) is 0 Å². The van der Waals surface area contributed by atoms with Gasteiger partial charge in [-0.1, -0.05) is 0 Å². The summed E-state index contributed by atoms with van der Waals surface area (Å²) in [6.07, 6.45) is -1.47. The molecule has 0 saturated carbocycles. The molecular formula is CH4ClNO3. The van der Waals surface area contributed by atoms with Crippen LogP contribution < -0.4 is 5.90 Å². The van der Waals surface area contributed by atoms with Crippen LogP contribution in [0.25, 0.3) is 0 Å². The minimum atomic E-state index is -1.47. The number of hydrogen-bond acceptors (Lipinski definition) is 3. The summed E-state index contributed by atoms with van der Waals surface area (Å²) < 4.78 is 0. The number of halogens is 1. The van der Waals surface area contributed by atoms with E-state index < -0.39 is 6.16 Å². The third kappa shape index (κ3) is 9.68. The van der Waals surface area contributed by atoms with E-state index in [9.17, 15) is 0 Å². The van der Waals surface area contributed by atoms with Crippen LogP contribution >= 0.6 is 12.4 Å². The van der Waals surface area contributed by atoms with Crippen LogP contribution in [0.1, 0.15) is 0 Å². The lowest BCUT2D eigenvalue weighted by atomic mass is 11.4. The summed E-state index contributed by atoms with van der Waals surface area (Å²) in [5.74, 6) is 4.07. The molecule has 3 N–H and O–H groups in total. The molecule has 0 bridgehead atoms. The minimum Gasteiger partial charge on any atom is -0.448 e. The van der Waals surface area contributed by atoms with Crippen molar-refractivity contribution in [3.63, 3.8) is 0 Å². The van der Waals surface area contributed by atoms with Gasteiger partial charge < -0.3 is 9.94 Å². The summed E-state index contributed by atoms with van der Waals surface area (Å²) >= 11 is 0. The minimum absolute atomic E-state index is 0. The second-order valence-electron chi connectivity index (χ2n) is 0.384. The van der Waals surface area contributed by atoms with Crippen LogP contribution in [0.2, 0.25) is 0 Å². The average Bonchev–Trinajstić information content (AvgIpc) is 1.38. The first kappa shape index (κ1) is 9.10. The van der Waals surface area contributed by atoms with Gasteiger partial charge in [-0.05, 0) is 0 Å². The number of nitrogens with two attached hydrogens (primary N) is 1. The summed E-state index contributed by atoms with van der Waals surface area (Å²) in [7, 11) is 0. The standard InChI is InChI=1S/CH3NO3.ClH/c2-5-1(3)4;/h2H2,(H,3,4);1H. The lowest BCUT2D eigenvalue weighted by Crippen LogP contribution is -2.04. The Kier molecular flexibility index (Phi) is 6.86. The monoisotopic (exact) mass is 113 g/mol. The fraction of sp³-hybridized carbons (Fsp3) is 0. The highest BCUT2D eigenvalue weighted by Gasteiger charge is 1.82. The Balaban J connectivity index is 0. The molecule has 4 nitrogen and oxygen atoms in total. The van der Waals surface area contributed by atoms with Gasteiger partial charge in [-0.3, -0.25) is 0 Å². The highest BCUT2D eigenvalue weighted by molar-refractivity contribution is 5.85. The molecule has 0 spiro atoms. The Morgan fingerprint density at radius 1 is 1.83 bits per heavy atom. The molecule has 5 heteroatoms. The molecule has 0 aromatic carbocycles. The van der Waals surface area contributed by atoms with Gasteiger partial charge in [0.15, 0.2) is 0 Å². The smallest absolute Gasteiger partial charge is 0.448 e. The predicted octanol–water partition coefficient (Wildman–Crippen LogP) is -0.0235. The molecule has 0 aromatic heterocycles. The van der Waals surface area contributed by atoms with E-state index in [0.29, 0.717) is 0 Å². The first-order chi connectivity index (χ1) is 2.27. The zero-order valence-corrected chi connectivity index (χ0v) is 3.57. The zero-order chi connectivity index (χ0) is 4.28. The maximum atomic E-state index is 9.02. The molecule has 0 rings (SSSR count). The zero-order valence-electron chi connectivity index (χ0n) is 2.75. The normalized spacial score (nSPS) is 5.50. The van der Waals surface area contributed by atoms with Crippen LogP contribution in [0.4, 0.5) is 4.79 Å². The largest absolute Gasteiger partial charge is 0.524 e. The summed E-state index contributed by atoms with van der Waals surface area (Å²) in [5, 5.41) is 7.38. The fourth-order valence-corrected chi connectivity index (χ4v) is 0. The summed E-state index contributed by atoms with van der Waals surface area (Å²) in [6.45, 7) is 0. The van der Waals surface area contributed by atoms with E-state index in [4.69, 9.17) is 9.90 Å². The van der Waals surface area contributed by atoms with Crippen LogP contribution in [-0.4, -0.2) is 11.3 Å². The molecule has 0 aliphatic heterocycles. The van der Waals surface area contributed by atoms with Crippen molar-refractivity contribution in [2.75, 3.05) is 0 Å². The molecule has 0 unspecified atom stereocenters. The first-order valence-corrected chi connectivity index (χ1v) is 0.868. The fourth-order valence-electron chi connectivity index (χ4n) is 0. The molecule has 0 radical (unpaired) electrons. The van der Waals surface area contributed by atoms with Crippen LogP contribution in [0.3, 0.4) is 0 Å². The van der Waals surface area contributed by atoms with Gasteiger partial charge in [-0.25, -0.2) is 4.79 Å². The van der Waals surface area contributed by atoms with Crippen molar-refractivity contribution in [1.29, 1.82) is 0 Å². The van der Waals surface area contributed by atoms with E-state index in [1.54, 1.807) is 0 Å². The molecule has 0 saturated heterocycles. The second-order valence-corrected chi connectivity index (χ2v) is 0.384. The summed E-state index contributed by atoms with van der Waals surface area (Å²) in [5.41, 5.74) is 0. The highest BCUT2D eigenvalue weighted by Crippen LogP contribution is 1.55. The van der Waals surface area contributed by atoms with Crippen molar-refractivity contribution >= 4 is 18.6 Å². The maximum Gasteiger partial charge on any atom is 0.524 e. The molecule has 0 amide bonds. The van der Waals surface area contributed by atoms with E-state index in [2.05, 4.69) is 10.7 Å². The maximum absolute atomic E-state index is 9.02. The Morgan fingerprint density at radius 3 is 2.00 bits per heavy atom. The van der Waals surface area contributed by atoms with Crippen LogP contribution in [0, 0.1) is 0 Å². The molecule has 38 valence electrons. The second kappa shape index (κ2) is 4.52. The molecule has 6 heavy (non-hydrogen) atoms. The van der Waals surface area contributed by atoms with Gasteiger partial charge in [0, 0.05) is 0 Å². The third-order valence-electron chi connectivity index (χ3n) is 0.101. The van der Waals surface area contributed by atoms with E-state index >= 15 is 0 Å². The van der Waals surface area contributed by atoms with Crippen molar-refractivity contribution in [3.8, 4) is 0 Å². The summed E-state index contributed by atoms with van der Waals surface area (Å²) in [6, 6.07) is 0. The molecule has 0 aliphatic carbocycles. The van der Waals surface area contributed by atoms with Crippen LogP contribution in [0.15, 0.2) is 0 Å². The lowest BCUT2D eigenvalue weighted by Gasteiger charge is -1.77. The van der Waals surface area contributed by atoms with Gasteiger partial charge in [-0.15, -0.1) is 12.4 Å². The van der Waals surface area contributed by atoms with Gasteiger partial charge in [-0.2, -0.15) is 5.90 Å². The van der Waals surface area contributed by atoms with Crippen LogP contribution in [-0.2, 0) is 4.84 Å². The number of rotatable bonds is 0. The Morgan fingerprint density at radius 2 is 2.00 bits per heavy atom. The molecule has 0 aromatic rings. The molecule has 0 aliphatic rings. The molecule has 0 fully saturated rings. The average molecular weight is 113 g/mol. The molecule has 0 atom stereocenters. The van der Waals surface area contributed by atoms with Crippen molar-refractivity contribution < 1.29 is 14.7 Å². The highest BCUT2D eigenvalue weighted by atomic mass is 35.5. The van der Waals surface area contributed by atoms with Gasteiger partial charge in [0.25, 0.3) is 0 Å². The van der Waals surface area contributed by atoms with E-state index in [1.165, 1.54) is 0 Å². The number of hydrogen-bond donors (Lipinski definition) is 2. The van der Waals surface area contributed by atoms with Crippen molar-refractivity contribution in [2.24, 2.45) is 5.90 Å². The van der Waals surface area contributed by atoms with Crippen molar-refractivity contribution in [3.05, 3.63) is 0 Å². The Hall–Kier alpha value is -0.480. The quantitative estimate of drug-likeness (QED) is 0.433. The first-order valence-electron chi connectivity index (χ1n) is 0.868. The summed E-state index contributed by atoms with van der Waals surface area (Å²) in [4.78, 5) is 12.2. The number of carbonyl (C=O) groups is 1. The van der Waals surface area contributed by atoms with Gasteiger partial charge in [0.05, 0.1) is 0 Å². The van der Waals surface area contributed by atoms with Crippen molar-refractivity contribution in [2.45, 2.75) is 0 Å². The van der Waals surface area contributed by atoms with Gasteiger partial charge >= 0.3 is 6.16 Å². The van der Waals surface area contributed by atoms with E-state index in [-0.39, 0.29) is 12.4 Å². The van der Waals surface area contributed by atoms with E-state index in [0.717, 1.165) is 0 Å². The van der Waals surface area contributed by atoms with Crippen molar-refractivity contribution in [1.82, 2.24) is 0 Å². The molecule has 0 heterocycles. The molecular weight excluding hydrogens is 109 g/mol. The Labute approximate surface area is 40.3 Å². The SMILES string of the molecule is Cl.NOC(=O)O. The lowest BCUT2D eigenvalue weighted by molar-refractivity contribution is 0.0921. The number of carboxylic acid groups (broad SMARTS) is 1. The van der Waals surface area contributed by atoms with Gasteiger partial charge in [0.1, 0.15) is 0 Å². The third-order valence-corrected chi connectivity index (χ3v) is 0.101. The topological polar surface area (TPSA) is 72.5 Å². The van der Waals surface area contributed by atoms with E-state index in [1.807, 2.05) is 0 Å². The predicted molar refractivity (Wildman–Crippen MR) is 20.5 cm³/mol.